The summed E-state index contributed by atoms with van der Waals surface area (Å²) in [6, 6.07) is 14.4. The number of ether oxygens (including phenoxy) is 2. The van der Waals surface area contributed by atoms with Gasteiger partial charge in [-0.1, -0.05) is 13.3 Å². The molecule has 0 aliphatic rings. The van der Waals surface area contributed by atoms with E-state index in [0.29, 0.717) is 18.0 Å². The van der Waals surface area contributed by atoms with E-state index in [9.17, 15) is 9.59 Å². The fraction of sp³-hybridized carbons (Fsp3) is 0.333. The largest absolute Gasteiger partial charge is 0.497 e. The van der Waals surface area contributed by atoms with Crippen molar-refractivity contribution in [2.75, 3.05) is 35.9 Å². The van der Waals surface area contributed by atoms with Crippen LogP contribution in [0.15, 0.2) is 48.5 Å². The van der Waals surface area contributed by atoms with Crippen molar-refractivity contribution in [3.63, 3.8) is 0 Å². The average Bonchev–Trinajstić information content (AvgIpc) is 2.70. The summed E-state index contributed by atoms with van der Waals surface area (Å²) in [6.45, 7) is 2.81. The zero-order valence-corrected chi connectivity index (χ0v) is 17.0. The molecule has 0 aromatic heterocycles. The number of benzene rings is 2. The molecule has 0 fully saturated rings. The van der Waals surface area contributed by atoms with Gasteiger partial charge in [-0.25, -0.2) is 0 Å². The van der Waals surface area contributed by atoms with E-state index in [1.165, 1.54) is 11.8 Å². The molecule has 6 nitrogen and oxygen atoms in total. The molecule has 0 radical (unpaired) electrons. The van der Waals surface area contributed by atoms with Crippen LogP contribution in [0.1, 0.15) is 19.8 Å². The summed E-state index contributed by atoms with van der Waals surface area (Å²) in [6.07, 6.45) is 2.10. The second-order valence-corrected chi connectivity index (χ2v) is 7.03. The van der Waals surface area contributed by atoms with E-state index in [2.05, 4.69) is 17.6 Å². The molecule has 0 saturated heterocycles. The summed E-state index contributed by atoms with van der Waals surface area (Å²) >= 11 is 1.26. The lowest BCUT2D eigenvalue weighted by Gasteiger charge is -2.08. The Morgan fingerprint density at radius 3 is 1.82 bits per heavy atom. The first-order valence-corrected chi connectivity index (χ1v) is 10.3. The predicted molar refractivity (Wildman–Crippen MR) is 114 cm³/mol. The van der Waals surface area contributed by atoms with Gasteiger partial charge in [-0.2, -0.15) is 0 Å². The van der Waals surface area contributed by atoms with Gasteiger partial charge >= 0.3 is 0 Å². The maximum Gasteiger partial charge on any atom is 0.234 e. The van der Waals surface area contributed by atoms with Crippen molar-refractivity contribution in [1.82, 2.24) is 0 Å². The number of carbonyl (C=O) groups is 2. The summed E-state index contributed by atoms with van der Waals surface area (Å²) < 4.78 is 10.7. The Bertz CT molecular complexity index is 748. The third kappa shape index (κ3) is 7.92. The van der Waals surface area contributed by atoms with E-state index in [-0.39, 0.29) is 23.3 Å². The Labute approximate surface area is 170 Å². The van der Waals surface area contributed by atoms with E-state index in [1.54, 1.807) is 43.5 Å². The minimum atomic E-state index is -0.156. The SMILES string of the molecule is CCCCOc1ccc(NC(=O)CSCC(=O)Nc2ccc(OC)cc2)cc1. The molecule has 7 heteroatoms. The molecular weight excluding hydrogens is 376 g/mol. The first-order valence-electron chi connectivity index (χ1n) is 9.15. The van der Waals surface area contributed by atoms with Crippen LogP contribution in [0.4, 0.5) is 11.4 Å². The summed E-state index contributed by atoms with van der Waals surface area (Å²) in [7, 11) is 1.59. The topological polar surface area (TPSA) is 76.7 Å². The monoisotopic (exact) mass is 402 g/mol. The minimum absolute atomic E-state index is 0.151. The maximum atomic E-state index is 12.0. The van der Waals surface area contributed by atoms with Gasteiger partial charge in [0.1, 0.15) is 11.5 Å². The Balaban J connectivity index is 1.66. The Kier molecular flexibility index (Phi) is 9.21. The number of anilines is 2. The number of hydrogen-bond acceptors (Lipinski definition) is 5. The van der Waals surface area contributed by atoms with Crippen molar-refractivity contribution in [2.45, 2.75) is 19.8 Å². The molecule has 0 atom stereocenters. The molecule has 0 unspecified atom stereocenters. The van der Waals surface area contributed by atoms with Gasteiger partial charge in [0.25, 0.3) is 0 Å². The summed E-state index contributed by atoms with van der Waals surface area (Å²) in [5.74, 6) is 1.60. The highest BCUT2D eigenvalue weighted by Gasteiger charge is 2.07. The van der Waals surface area contributed by atoms with Crippen molar-refractivity contribution < 1.29 is 19.1 Å². The lowest BCUT2D eigenvalue weighted by Crippen LogP contribution is -2.18. The lowest BCUT2D eigenvalue weighted by molar-refractivity contribution is -0.114. The molecule has 2 N–H and O–H groups in total. The van der Waals surface area contributed by atoms with Crippen molar-refractivity contribution in [3.8, 4) is 11.5 Å². The lowest BCUT2D eigenvalue weighted by atomic mass is 10.3. The van der Waals surface area contributed by atoms with Gasteiger partial charge < -0.3 is 20.1 Å². The molecule has 28 heavy (non-hydrogen) atoms. The first kappa shape index (κ1) is 21.6. The molecule has 0 aliphatic carbocycles. The molecule has 0 heterocycles. The number of methoxy groups -OCH3 is 1. The summed E-state index contributed by atoms with van der Waals surface area (Å²) in [5.41, 5.74) is 1.40. The summed E-state index contributed by atoms with van der Waals surface area (Å²) in [5, 5.41) is 5.59. The van der Waals surface area contributed by atoms with E-state index < -0.39 is 0 Å². The number of hydrogen-bond donors (Lipinski definition) is 2. The molecule has 0 spiro atoms. The van der Waals surface area contributed by atoms with E-state index >= 15 is 0 Å². The van der Waals surface area contributed by atoms with Gasteiger partial charge in [-0.05, 0) is 55.0 Å². The Morgan fingerprint density at radius 2 is 1.36 bits per heavy atom. The van der Waals surface area contributed by atoms with Gasteiger partial charge in [-0.3, -0.25) is 9.59 Å². The normalized spacial score (nSPS) is 10.2. The van der Waals surface area contributed by atoms with Crippen LogP contribution in [-0.2, 0) is 9.59 Å². The summed E-state index contributed by atoms with van der Waals surface area (Å²) in [4.78, 5) is 24.0. The first-order chi connectivity index (χ1) is 13.6. The zero-order valence-electron chi connectivity index (χ0n) is 16.2. The second-order valence-electron chi connectivity index (χ2n) is 6.04. The van der Waals surface area contributed by atoms with Gasteiger partial charge in [-0.15, -0.1) is 11.8 Å². The number of amides is 2. The zero-order chi connectivity index (χ0) is 20.2. The number of unbranched alkanes of at least 4 members (excludes halogenated alkanes) is 1. The van der Waals surface area contributed by atoms with Crippen molar-refractivity contribution >= 4 is 35.0 Å². The minimum Gasteiger partial charge on any atom is -0.497 e. The van der Waals surface area contributed by atoms with Crippen LogP contribution < -0.4 is 20.1 Å². The Hall–Kier alpha value is -2.67. The quantitative estimate of drug-likeness (QED) is 0.551. The molecule has 2 aromatic rings. The fourth-order valence-corrected chi connectivity index (χ4v) is 2.89. The molecule has 2 rings (SSSR count). The molecule has 150 valence electrons. The van der Waals surface area contributed by atoms with Crippen molar-refractivity contribution in [2.24, 2.45) is 0 Å². The number of thioether (sulfide) groups is 1. The molecule has 0 aliphatic heterocycles. The van der Waals surface area contributed by atoms with Gasteiger partial charge in [0, 0.05) is 11.4 Å². The van der Waals surface area contributed by atoms with E-state index in [1.807, 2.05) is 12.1 Å². The number of rotatable bonds is 11. The highest BCUT2D eigenvalue weighted by atomic mass is 32.2. The van der Waals surface area contributed by atoms with Crippen LogP contribution in [0, 0.1) is 0 Å². The van der Waals surface area contributed by atoms with Crippen molar-refractivity contribution in [1.29, 1.82) is 0 Å². The predicted octanol–water partition coefficient (Wildman–Crippen LogP) is 4.18. The molecular formula is C21H26N2O4S. The van der Waals surface area contributed by atoms with E-state index in [0.717, 1.165) is 24.3 Å². The van der Waals surface area contributed by atoms with Crippen LogP contribution in [0.25, 0.3) is 0 Å². The second kappa shape index (κ2) is 11.9. The average molecular weight is 403 g/mol. The molecule has 0 bridgehead atoms. The Morgan fingerprint density at radius 1 is 0.857 bits per heavy atom. The van der Waals surface area contributed by atoms with Gasteiger partial charge in [0.15, 0.2) is 0 Å². The van der Waals surface area contributed by atoms with Gasteiger partial charge in [0.2, 0.25) is 11.8 Å². The van der Waals surface area contributed by atoms with Crippen LogP contribution in [-0.4, -0.2) is 37.0 Å². The molecule has 2 aromatic carbocycles. The van der Waals surface area contributed by atoms with Crippen LogP contribution in [0.3, 0.4) is 0 Å². The fourth-order valence-electron chi connectivity index (χ4n) is 2.27. The third-order valence-corrected chi connectivity index (χ3v) is 4.68. The van der Waals surface area contributed by atoms with Crippen LogP contribution in [0.5, 0.6) is 11.5 Å². The molecule has 0 saturated carbocycles. The van der Waals surface area contributed by atoms with E-state index in [4.69, 9.17) is 9.47 Å². The van der Waals surface area contributed by atoms with Crippen molar-refractivity contribution in [3.05, 3.63) is 48.5 Å². The standard InChI is InChI=1S/C21H26N2O4S/c1-3-4-13-27-19-11-7-17(8-12-19)23-21(25)15-28-14-20(24)22-16-5-9-18(26-2)10-6-16/h5-12H,3-4,13-15H2,1-2H3,(H,22,24)(H,23,25). The van der Waals surface area contributed by atoms with Crippen LogP contribution in [0.2, 0.25) is 0 Å². The van der Waals surface area contributed by atoms with Gasteiger partial charge in [0.05, 0.1) is 25.2 Å². The number of nitrogens with one attached hydrogen (secondary N) is 2. The maximum absolute atomic E-state index is 12.0. The van der Waals surface area contributed by atoms with Crippen LogP contribution >= 0.6 is 11.8 Å². The highest BCUT2D eigenvalue weighted by molar-refractivity contribution is 8.00. The highest BCUT2D eigenvalue weighted by Crippen LogP contribution is 2.17. The molecule has 2 amide bonds. The smallest absolute Gasteiger partial charge is 0.234 e. The number of carbonyl (C=O) groups excluding carboxylic acids is 2. The third-order valence-electron chi connectivity index (χ3n) is 3.74.